The Kier molecular flexibility index (Phi) is 5.86. The summed E-state index contributed by atoms with van der Waals surface area (Å²) in [7, 11) is 0. The van der Waals surface area contributed by atoms with E-state index in [0.717, 1.165) is 11.3 Å². The summed E-state index contributed by atoms with van der Waals surface area (Å²) in [6, 6.07) is 9.40. The highest BCUT2D eigenvalue weighted by molar-refractivity contribution is 6.42. The molecule has 2 nitrogen and oxygen atoms in total. The number of furan rings is 1. The van der Waals surface area contributed by atoms with Crippen LogP contribution in [0.1, 0.15) is 11.3 Å². The second kappa shape index (κ2) is 6.92. The van der Waals surface area contributed by atoms with Gasteiger partial charge in [0.25, 0.3) is 0 Å². The average molecular weight is 292 g/mol. The second-order valence-corrected chi connectivity index (χ2v) is 4.18. The highest BCUT2D eigenvalue weighted by Crippen LogP contribution is 2.25. The third kappa shape index (κ3) is 3.93. The Morgan fingerprint density at radius 3 is 2.59 bits per heavy atom. The second-order valence-electron chi connectivity index (χ2n) is 3.40. The maximum absolute atomic E-state index is 6.06. The van der Waals surface area contributed by atoms with Crippen molar-refractivity contribution >= 4 is 23.2 Å². The van der Waals surface area contributed by atoms with Crippen molar-refractivity contribution in [3.05, 3.63) is 58.0 Å². The molecular formula is C12H11Cl3NO-. The molecule has 0 amide bonds. The standard InChI is InChI=1S/C12H11Cl2NO.ClH/c13-11-5-1-3-9(12(11)14)7-15-8-10-4-2-6-16-10;/h1-6,15H,7-8H2;1H/p-1. The third-order valence-corrected chi connectivity index (χ3v) is 3.08. The van der Waals surface area contributed by atoms with Crippen LogP contribution in [0.15, 0.2) is 41.0 Å². The van der Waals surface area contributed by atoms with Gasteiger partial charge in [0.2, 0.25) is 0 Å². The van der Waals surface area contributed by atoms with E-state index >= 15 is 0 Å². The van der Waals surface area contributed by atoms with Gasteiger partial charge in [0, 0.05) is 6.54 Å². The van der Waals surface area contributed by atoms with Crippen LogP contribution in [0.2, 0.25) is 10.0 Å². The van der Waals surface area contributed by atoms with Crippen LogP contribution in [-0.4, -0.2) is 0 Å². The molecule has 0 aliphatic rings. The Morgan fingerprint density at radius 2 is 1.88 bits per heavy atom. The average Bonchev–Trinajstić information content (AvgIpc) is 2.77. The molecule has 1 heterocycles. The summed E-state index contributed by atoms with van der Waals surface area (Å²) >= 11 is 12.0. The van der Waals surface area contributed by atoms with Gasteiger partial charge in [-0.2, -0.15) is 0 Å². The molecule has 1 aromatic heterocycles. The van der Waals surface area contributed by atoms with Crippen molar-refractivity contribution in [3.8, 4) is 0 Å². The van der Waals surface area contributed by atoms with Gasteiger partial charge >= 0.3 is 0 Å². The molecule has 0 aliphatic carbocycles. The Bertz CT molecular complexity index is 457. The van der Waals surface area contributed by atoms with Gasteiger partial charge in [-0.25, -0.2) is 0 Å². The predicted octanol–water partition coefficient (Wildman–Crippen LogP) is 0.880. The first-order chi connectivity index (χ1) is 7.77. The van der Waals surface area contributed by atoms with Gasteiger partial charge < -0.3 is 22.1 Å². The Morgan fingerprint density at radius 1 is 1.06 bits per heavy atom. The molecule has 0 saturated heterocycles. The van der Waals surface area contributed by atoms with E-state index in [-0.39, 0.29) is 12.4 Å². The first-order valence-electron chi connectivity index (χ1n) is 4.93. The van der Waals surface area contributed by atoms with E-state index in [1.807, 2.05) is 24.3 Å². The monoisotopic (exact) mass is 290 g/mol. The zero-order valence-corrected chi connectivity index (χ0v) is 11.2. The zero-order valence-electron chi connectivity index (χ0n) is 8.92. The first-order valence-corrected chi connectivity index (χ1v) is 5.69. The zero-order chi connectivity index (χ0) is 11.4. The highest BCUT2D eigenvalue weighted by Gasteiger charge is 2.03. The largest absolute Gasteiger partial charge is 1.00 e. The number of nitrogens with one attached hydrogen (secondary N) is 1. The molecule has 0 saturated carbocycles. The summed E-state index contributed by atoms with van der Waals surface area (Å²) in [5.41, 5.74) is 0.987. The van der Waals surface area contributed by atoms with Crippen LogP contribution >= 0.6 is 23.2 Å². The van der Waals surface area contributed by atoms with Crippen molar-refractivity contribution in [3.63, 3.8) is 0 Å². The normalized spacial score (nSPS) is 10.0. The Balaban J connectivity index is 0.00000144. The molecular weight excluding hydrogens is 280 g/mol. The van der Waals surface area contributed by atoms with Crippen molar-refractivity contribution in [2.75, 3.05) is 0 Å². The molecule has 17 heavy (non-hydrogen) atoms. The maximum atomic E-state index is 6.06. The van der Waals surface area contributed by atoms with Gasteiger partial charge in [0.1, 0.15) is 5.76 Å². The number of halogens is 3. The van der Waals surface area contributed by atoms with Gasteiger partial charge in [-0.1, -0.05) is 35.3 Å². The predicted molar refractivity (Wildman–Crippen MR) is 65.7 cm³/mol. The van der Waals surface area contributed by atoms with Gasteiger partial charge in [-0.3, -0.25) is 0 Å². The SMILES string of the molecule is Clc1cccc(CNCc2ccco2)c1Cl.[Cl-]. The van der Waals surface area contributed by atoms with Crippen LogP contribution in [0.5, 0.6) is 0 Å². The lowest BCUT2D eigenvalue weighted by atomic mass is 10.2. The molecule has 0 bridgehead atoms. The minimum atomic E-state index is 0. The smallest absolute Gasteiger partial charge is 0.117 e. The van der Waals surface area contributed by atoms with E-state index in [9.17, 15) is 0 Å². The third-order valence-electron chi connectivity index (χ3n) is 2.23. The lowest BCUT2D eigenvalue weighted by Gasteiger charge is -2.06. The number of rotatable bonds is 4. The Labute approximate surface area is 116 Å². The van der Waals surface area contributed by atoms with Crippen LogP contribution in [0.25, 0.3) is 0 Å². The number of hydrogen-bond donors (Lipinski definition) is 1. The molecule has 2 aromatic rings. The molecule has 0 aliphatic heterocycles. The molecule has 1 aromatic carbocycles. The molecule has 1 N–H and O–H groups in total. The number of hydrogen-bond acceptors (Lipinski definition) is 2. The van der Waals surface area contributed by atoms with Gasteiger partial charge in [-0.15, -0.1) is 0 Å². The van der Waals surface area contributed by atoms with Crippen LogP contribution in [0.4, 0.5) is 0 Å². The quantitative estimate of drug-likeness (QED) is 0.905. The van der Waals surface area contributed by atoms with E-state index in [1.165, 1.54) is 0 Å². The van der Waals surface area contributed by atoms with Gasteiger partial charge in [-0.05, 0) is 23.8 Å². The molecule has 2 rings (SSSR count). The lowest BCUT2D eigenvalue weighted by molar-refractivity contribution is -0.00000358. The van der Waals surface area contributed by atoms with Crippen LogP contribution < -0.4 is 17.7 Å². The van der Waals surface area contributed by atoms with Crippen molar-refractivity contribution < 1.29 is 16.8 Å². The maximum Gasteiger partial charge on any atom is 0.117 e. The van der Waals surface area contributed by atoms with Gasteiger partial charge in [0.05, 0.1) is 22.9 Å². The summed E-state index contributed by atoms with van der Waals surface area (Å²) in [5.74, 6) is 0.901. The fourth-order valence-corrected chi connectivity index (χ4v) is 1.81. The molecule has 0 spiro atoms. The van der Waals surface area contributed by atoms with E-state index < -0.39 is 0 Å². The van der Waals surface area contributed by atoms with Crippen LogP contribution in [-0.2, 0) is 13.1 Å². The highest BCUT2D eigenvalue weighted by atomic mass is 35.5. The topological polar surface area (TPSA) is 25.2 Å². The van der Waals surface area contributed by atoms with Crippen LogP contribution in [0, 0.1) is 0 Å². The lowest BCUT2D eigenvalue weighted by Crippen LogP contribution is -3.00. The fraction of sp³-hybridized carbons (Fsp3) is 0.167. The van der Waals surface area contributed by atoms with E-state index in [1.54, 1.807) is 12.3 Å². The molecule has 0 fully saturated rings. The molecule has 92 valence electrons. The summed E-state index contributed by atoms with van der Waals surface area (Å²) < 4.78 is 5.20. The first kappa shape index (κ1) is 14.4. The summed E-state index contributed by atoms with van der Waals surface area (Å²) in [6.07, 6.45) is 1.66. The van der Waals surface area contributed by atoms with Crippen molar-refractivity contribution in [1.82, 2.24) is 5.32 Å². The summed E-state index contributed by atoms with van der Waals surface area (Å²) in [5, 5.41) is 4.43. The summed E-state index contributed by atoms with van der Waals surface area (Å²) in [6.45, 7) is 1.34. The van der Waals surface area contributed by atoms with E-state index in [2.05, 4.69) is 5.32 Å². The van der Waals surface area contributed by atoms with Crippen LogP contribution in [0.3, 0.4) is 0 Å². The van der Waals surface area contributed by atoms with E-state index in [0.29, 0.717) is 23.1 Å². The van der Waals surface area contributed by atoms with Gasteiger partial charge in [0.15, 0.2) is 0 Å². The molecule has 0 atom stereocenters. The number of benzene rings is 1. The van der Waals surface area contributed by atoms with E-state index in [4.69, 9.17) is 27.6 Å². The minimum Gasteiger partial charge on any atom is -1.00 e. The van der Waals surface area contributed by atoms with Crippen molar-refractivity contribution in [2.45, 2.75) is 13.1 Å². The molecule has 0 radical (unpaired) electrons. The fourth-order valence-electron chi connectivity index (χ4n) is 1.42. The molecule has 0 unspecified atom stereocenters. The molecule has 5 heteroatoms. The summed E-state index contributed by atoms with van der Waals surface area (Å²) in [4.78, 5) is 0. The van der Waals surface area contributed by atoms with Crippen molar-refractivity contribution in [1.29, 1.82) is 0 Å². The minimum absolute atomic E-state index is 0. The van der Waals surface area contributed by atoms with Crippen molar-refractivity contribution in [2.24, 2.45) is 0 Å². The Hall–Kier alpha value is -0.670.